The molecule has 1 saturated heterocycles. The molecule has 0 spiro atoms. The van der Waals surface area contributed by atoms with Crippen molar-refractivity contribution in [2.45, 2.75) is 44.8 Å². The third kappa shape index (κ3) is 2.89. The molecule has 2 rings (SSSR count). The Hall–Kier alpha value is -1.55. The average molecular weight is 262 g/mol. The predicted molar refractivity (Wildman–Crippen MR) is 75.8 cm³/mol. The molecule has 0 aliphatic carbocycles. The molecule has 1 aromatic rings. The van der Waals surface area contributed by atoms with E-state index in [1.54, 1.807) is 0 Å². The predicted octanol–water partition coefficient (Wildman–Crippen LogP) is 2.06. The number of benzene rings is 1. The van der Waals surface area contributed by atoms with Crippen LogP contribution in [0.3, 0.4) is 0 Å². The van der Waals surface area contributed by atoms with E-state index in [-0.39, 0.29) is 23.5 Å². The van der Waals surface area contributed by atoms with Gasteiger partial charge >= 0.3 is 0 Å². The number of nitrogen functional groups attached to an aromatic ring is 1. The molecule has 4 nitrogen and oxygen atoms in total. The first-order chi connectivity index (χ1) is 8.92. The van der Waals surface area contributed by atoms with Crippen molar-refractivity contribution in [3.8, 4) is 0 Å². The first-order valence-corrected chi connectivity index (χ1v) is 6.71. The van der Waals surface area contributed by atoms with Crippen LogP contribution in [0.15, 0.2) is 24.3 Å². The summed E-state index contributed by atoms with van der Waals surface area (Å²) in [5.74, 6) is -0.196. The van der Waals surface area contributed by atoms with Gasteiger partial charge < -0.3 is 15.8 Å². The van der Waals surface area contributed by atoms with Crippen LogP contribution >= 0.6 is 0 Å². The minimum absolute atomic E-state index is 0.0189. The molecule has 0 radical (unpaired) electrons. The van der Waals surface area contributed by atoms with E-state index in [2.05, 4.69) is 5.32 Å². The van der Waals surface area contributed by atoms with E-state index < -0.39 is 0 Å². The van der Waals surface area contributed by atoms with Crippen LogP contribution < -0.4 is 11.1 Å². The van der Waals surface area contributed by atoms with E-state index >= 15 is 0 Å². The number of carbonyl (C=O) groups is 1. The van der Waals surface area contributed by atoms with Crippen molar-refractivity contribution in [2.24, 2.45) is 0 Å². The van der Waals surface area contributed by atoms with Crippen LogP contribution in [0.4, 0.5) is 5.69 Å². The van der Waals surface area contributed by atoms with E-state index in [9.17, 15) is 4.79 Å². The molecule has 19 heavy (non-hydrogen) atoms. The SMILES string of the molecule is CC(C(=O)NC1(C)CCOC1C)c1cccc(N)c1. The smallest absolute Gasteiger partial charge is 0.227 e. The summed E-state index contributed by atoms with van der Waals surface area (Å²) in [5, 5.41) is 3.12. The number of nitrogens with two attached hydrogens (primary N) is 1. The topological polar surface area (TPSA) is 64.3 Å². The Bertz CT molecular complexity index is 475. The highest BCUT2D eigenvalue weighted by Gasteiger charge is 2.39. The molecule has 1 fully saturated rings. The number of nitrogens with one attached hydrogen (secondary N) is 1. The summed E-state index contributed by atoms with van der Waals surface area (Å²) in [6.45, 7) is 6.63. The van der Waals surface area contributed by atoms with Crippen LogP contribution in [0, 0.1) is 0 Å². The fourth-order valence-electron chi connectivity index (χ4n) is 2.37. The van der Waals surface area contributed by atoms with Gasteiger partial charge in [-0.25, -0.2) is 0 Å². The Morgan fingerprint density at radius 1 is 1.58 bits per heavy atom. The molecule has 1 aliphatic rings. The molecule has 1 aliphatic heterocycles. The average Bonchev–Trinajstić information content (AvgIpc) is 2.68. The Labute approximate surface area is 114 Å². The van der Waals surface area contributed by atoms with E-state index in [0.717, 1.165) is 12.0 Å². The lowest BCUT2D eigenvalue weighted by Crippen LogP contribution is -2.51. The minimum Gasteiger partial charge on any atom is -0.399 e. The first kappa shape index (κ1) is 13.9. The summed E-state index contributed by atoms with van der Waals surface area (Å²) in [7, 11) is 0. The Morgan fingerprint density at radius 2 is 2.32 bits per heavy atom. The van der Waals surface area contributed by atoms with Crippen molar-refractivity contribution in [2.75, 3.05) is 12.3 Å². The molecule has 0 aromatic heterocycles. The van der Waals surface area contributed by atoms with Gasteiger partial charge in [-0.05, 0) is 44.9 Å². The zero-order valence-electron chi connectivity index (χ0n) is 11.8. The van der Waals surface area contributed by atoms with Gasteiger partial charge in [0, 0.05) is 12.3 Å². The molecule has 3 atom stereocenters. The van der Waals surface area contributed by atoms with Crippen LogP contribution in [0.2, 0.25) is 0 Å². The van der Waals surface area contributed by atoms with Gasteiger partial charge in [-0.15, -0.1) is 0 Å². The fraction of sp³-hybridized carbons (Fsp3) is 0.533. The lowest BCUT2D eigenvalue weighted by atomic mass is 9.92. The summed E-state index contributed by atoms with van der Waals surface area (Å²) in [6.07, 6.45) is 0.897. The van der Waals surface area contributed by atoms with E-state index in [1.165, 1.54) is 0 Å². The number of hydrogen-bond acceptors (Lipinski definition) is 3. The lowest BCUT2D eigenvalue weighted by Gasteiger charge is -2.30. The summed E-state index contributed by atoms with van der Waals surface area (Å²) in [6, 6.07) is 7.47. The normalized spacial score (nSPS) is 28.1. The van der Waals surface area contributed by atoms with E-state index in [1.807, 2.05) is 45.0 Å². The molecule has 1 heterocycles. The molecule has 0 saturated carbocycles. The maximum atomic E-state index is 12.4. The highest BCUT2D eigenvalue weighted by Crippen LogP contribution is 2.27. The molecule has 1 amide bonds. The highest BCUT2D eigenvalue weighted by atomic mass is 16.5. The number of carbonyl (C=O) groups excluding carboxylic acids is 1. The van der Waals surface area contributed by atoms with Gasteiger partial charge in [-0.1, -0.05) is 12.1 Å². The monoisotopic (exact) mass is 262 g/mol. The zero-order valence-corrected chi connectivity index (χ0v) is 11.8. The molecule has 3 N–H and O–H groups in total. The van der Waals surface area contributed by atoms with Gasteiger partial charge in [0.15, 0.2) is 0 Å². The molecule has 0 bridgehead atoms. The van der Waals surface area contributed by atoms with Crippen LogP contribution in [-0.4, -0.2) is 24.2 Å². The number of amides is 1. The summed E-state index contributed by atoms with van der Waals surface area (Å²) in [4.78, 5) is 12.4. The van der Waals surface area contributed by atoms with Crippen molar-refractivity contribution in [1.82, 2.24) is 5.32 Å². The second-order valence-corrected chi connectivity index (χ2v) is 5.56. The largest absolute Gasteiger partial charge is 0.399 e. The van der Waals surface area contributed by atoms with Crippen LogP contribution in [-0.2, 0) is 9.53 Å². The van der Waals surface area contributed by atoms with Crippen molar-refractivity contribution in [3.05, 3.63) is 29.8 Å². The molecule has 1 aromatic carbocycles. The van der Waals surface area contributed by atoms with Crippen LogP contribution in [0.5, 0.6) is 0 Å². The summed E-state index contributed by atoms with van der Waals surface area (Å²) >= 11 is 0. The van der Waals surface area contributed by atoms with Gasteiger partial charge in [-0.3, -0.25) is 4.79 Å². The van der Waals surface area contributed by atoms with Crippen molar-refractivity contribution >= 4 is 11.6 Å². The van der Waals surface area contributed by atoms with Crippen molar-refractivity contribution in [3.63, 3.8) is 0 Å². The number of ether oxygens (including phenoxy) is 1. The molecule has 3 unspecified atom stereocenters. The van der Waals surface area contributed by atoms with Gasteiger partial charge in [-0.2, -0.15) is 0 Å². The van der Waals surface area contributed by atoms with E-state index in [0.29, 0.717) is 12.3 Å². The molecule has 4 heteroatoms. The second kappa shape index (κ2) is 5.21. The zero-order chi connectivity index (χ0) is 14.0. The minimum atomic E-state index is -0.272. The maximum Gasteiger partial charge on any atom is 0.227 e. The molecular formula is C15H22N2O2. The highest BCUT2D eigenvalue weighted by molar-refractivity contribution is 5.84. The number of hydrogen-bond donors (Lipinski definition) is 2. The fourth-order valence-corrected chi connectivity index (χ4v) is 2.37. The second-order valence-electron chi connectivity index (χ2n) is 5.56. The Kier molecular flexibility index (Phi) is 3.80. The van der Waals surface area contributed by atoms with Crippen LogP contribution in [0.1, 0.15) is 38.7 Å². The van der Waals surface area contributed by atoms with Crippen molar-refractivity contribution in [1.29, 1.82) is 0 Å². The van der Waals surface area contributed by atoms with Gasteiger partial charge in [0.1, 0.15) is 0 Å². The molecular weight excluding hydrogens is 240 g/mol. The van der Waals surface area contributed by atoms with Gasteiger partial charge in [0.2, 0.25) is 5.91 Å². The molecule has 104 valence electrons. The number of anilines is 1. The van der Waals surface area contributed by atoms with Crippen LogP contribution in [0.25, 0.3) is 0 Å². The van der Waals surface area contributed by atoms with E-state index in [4.69, 9.17) is 10.5 Å². The Balaban J connectivity index is 2.08. The Morgan fingerprint density at radius 3 is 2.89 bits per heavy atom. The third-order valence-corrected chi connectivity index (χ3v) is 4.10. The van der Waals surface area contributed by atoms with Crippen molar-refractivity contribution < 1.29 is 9.53 Å². The summed E-state index contributed by atoms with van der Waals surface area (Å²) in [5.41, 5.74) is 7.10. The van der Waals surface area contributed by atoms with Gasteiger partial charge in [0.25, 0.3) is 0 Å². The lowest BCUT2D eigenvalue weighted by molar-refractivity contribution is -0.124. The summed E-state index contributed by atoms with van der Waals surface area (Å²) < 4.78 is 5.54. The third-order valence-electron chi connectivity index (χ3n) is 4.10. The maximum absolute atomic E-state index is 12.4. The number of rotatable bonds is 3. The quantitative estimate of drug-likeness (QED) is 0.819. The standard InChI is InChI=1S/C15H22N2O2/c1-10(12-5-4-6-13(16)9-12)14(18)17-15(3)7-8-19-11(15)2/h4-6,9-11H,7-8,16H2,1-3H3,(H,17,18). The first-order valence-electron chi connectivity index (χ1n) is 6.71. The van der Waals surface area contributed by atoms with Gasteiger partial charge in [0.05, 0.1) is 17.6 Å².